The molecule has 0 aromatic carbocycles. The number of unbranched alkanes of at least 4 members (excludes halogenated alkanes) is 1. The number of likely N-dealkylation sites (tertiary alicyclic amines) is 1. The summed E-state index contributed by atoms with van der Waals surface area (Å²) in [5, 5.41) is 12.8. The van der Waals surface area contributed by atoms with Crippen LogP contribution >= 0.6 is 0 Å². The van der Waals surface area contributed by atoms with Gasteiger partial charge in [-0.2, -0.15) is 5.26 Å². The lowest BCUT2D eigenvalue weighted by molar-refractivity contribution is -0.128. The molecule has 0 bridgehead atoms. The number of amides is 2. The number of carbonyl (C=O) groups excluding carboxylic acids is 2. The third kappa shape index (κ3) is 6.39. The molecule has 0 unspecified atom stereocenters. The number of piperidine rings is 1. The van der Waals surface area contributed by atoms with Crippen LogP contribution in [0.3, 0.4) is 0 Å². The van der Waals surface area contributed by atoms with E-state index in [2.05, 4.69) is 18.3 Å². The van der Waals surface area contributed by atoms with Gasteiger partial charge in [0.25, 0.3) is 0 Å². The minimum atomic E-state index is -0.866. The van der Waals surface area contributed by atoms with Gasteiger partial charge in [-0.15, -0.1) is 0 Å². The summed E-state index contributed by atoms with van der Waals surface area (Å²) in [6, 6.07) is 2.32. The fraction of sp³-hybridized carbons (Fsp3) is 0.864. The maximum atomic E-state index is 12.8. The molecule has 1 aliphatic heterocycles. The van der Waals surface area contributed by atoms with Gasteiger partial charge in [-0.3, -0.25) is 4.79 Å². The Bertz CT molecular complexity index is 575. The second kappa shape index (κ2) is 9.62. The molecule has 158 valence electrons. The van der Waals surface area contributed by atoms with E-state index in [9.17, 15) is 14.9 Å². The van der Waals surface area contributed by atoms with E-state index in [1.165, 1.54) is 19.3 Å². The van der Waals surface area contributed by atoms with Gasteiger partial charge in [0.2, 0.25) is 5.91 Å². The lowest BCUT2D eigenvalue weighted by Gasteiger charge is -2.39. The fourth-order valence-corrected chi connectivity index (χ4v) is 4.21. The summed E-state index contributed by atoms with van der Waals surface area (Å²) >= 11 is 0. The van der Waals surface area contributed by atoms with Gasteiger partial charge >= 0.3 is 6.09 Å². The first-order chi connectivity index (χ1) is 13.2. The zero-order chi connectivity index (χ0) is 20.8. The molecule has 0 spiro atoms. The standard InChI is InChI=1S/C22H37N3O3/c1-5-6-7-17-8-10-18(11-9-17)19(26)24-22(16-23)12-14-25(15-13-22)20(27)28-21(2,3)4/h17-18H,5-15H2,1-4H3,(H,24,26). The first-order valence-electron chi connectivity index (χ1n) is 10.9. The first-order valence-corrected chi connectivity index (χ1v) is 10.9. The summed E-state index contributed by atoms with van der Waals surface area (Å²) in [5.41, 5.74) is -1.40. The third-order valence-corrected chi connectivity index (χ3v) is 6.03. The number of carbonyl (C=O) groups is 2. The molecule has 28 heavy (non-hydrogen) atoms. The molecule has 6 heteroatoms. The van der Waals surface area contributed by atoms with Crippen LogP contribution in [0.5, 0.6) is 0 Å². The Morgan fingerprint density at radius 2 is 1.79 bits per heavy atom. The normalized spacial score (nSPS) is 24.9. The van der Waals surface area contributed by atoms with E-state index >= 15 is 0 Å². The summed E-state index contributed by atoms with van der Waals surface area (Å²) in [5.74, 6) is 0.791. The van der Waals surface area contributed by atoms with Crippen molar-refractivity contribution in [1.82, 2.24) is 10.2 Å². The Balaban J connectivity index is 1.83. The molecule has 1 aliphatic carbocycles. The van der Waals surface area contributed by atoms with Crippen molar-refractivity contribution in [2.45, 2.75) is 96.6 Å². The van der Waals surface area contributed by atoms with Gasteiger partial charge in [-0.25, -0.2) is 4.79 Å². The fourth-order valence-electron chi connectivity index (χ4n) is 4.21. The summed E-state index contributed by atoms with van der Waals surface area (Å²) < 4.78 is 5.41. The van der Waals surface area contributed by atoms with Gasteiger partial charge in [0.15, 0.2) is 0 Å². The van der Waals surface area contributed by atoms with Gasteiger partial charge < -0.3 is 15.0 Å². The van der Waals surface area contributed by atoms with Gasteiger partial charge in [-0.05, 0) is 52.4 Å². The van der Waals surface area contributed by atoms with Crippen LogP contribution in [0.1, 0.15) is 85.5 Å². The van der Waals surface area contributed by atoms with Gasteiger partial charge in [0.1, 0.15) is 11.1 Å². The number of rotatable bonds is 5. The van der Waals surface area contributed by atoms with Crippen LogP contribution in [0.15, 0.2) is 0 Å². The summed E-state index contributed by atoms with van der Waals surface area (Å²) in [6.07, 6.45) is 8.38. The smallest absolute Gasteiger partial charge is 0.410 e. The molecule has 1 N–H and O–H groups in total. The molecule has 0 radical (unpaired) electrons. The quantitative estimate of drug-likeness (QED) is 0.753. The number of nitrogens with zero attached hydrogens (tertiary/aromatic N) is 2. The highest BCUT2D eigenvalue weighted by Crippen LogP contribution is 2.33. The Kier molecular flexibility index (Phi) is 7.74. The molecule has 2 rings (SSSR count). The molecular weight excluding hydrogens is 354 g/mol. The molecular formula is C22H37N3O3. The van der Waals surface area contributed by atoms with Crippen molar-refractivity contribution in [3.8, 4) is 6.07 Å². The topological polar surface area (TPSA) is 82.4 Å². The van der Waals surface area contributed by atoms with Crippen molar-refractivity contribution < 1.29 is 14.3 Å². The summed E-state index contributed by atoms with van der Waals surface area (Å²) in [6.45, 7) is 8.58. The number of nitrogens with one attached hydrogen (secondary N) is 1. The van der Waals surface area contributed by atoms with Crippen molar-refractivity contribution in [3.63, 3.8) is 0 Å². The largest absolute Gasteiger partial charge is 0.444 e. The predicted octanol–water partition coefficient (Wildman–Crippen LogP) is 4.39. The lowest BCUT2D eigenvalue weighted by Crippen LogP contribution is -2.57. The summed E-state index contributed by atoms with van der Waals surface area (Å²) in [7, 11) is 0. The maximum Gasteiger partial charge on any atom is 0.410 e. The van der Waals surface area contributed by atoms with Crippen LogP contribution in [0, 0.1) is 23.2 Å². The third-order valence-electron chi connectivity index (χ3n) is 6.03. The van der Waals surface area contributed by atoms with Crippen molar-refractivity contribution in [2.24, 2.45) is 11.8 Å². The van der Waals surface area contributed by atoms with Crippen molar-refractivity contribution in [3.05, 3.63) is 0 Å². The van der Waals surface area contributed by atoms with Crippen LogP contribution in [0.4, 0.5) is 4.79 Å². The van der Waals surface area contributed by atoms with Crippen molar-refractivity contribution in [2.75, 3.05) is 13.1 Å². The predicted molar refractivity (Wildman–Crippen MR) is 109 cm³/mol. The summed E-state index contributed by atoms with van der Waals surface area (Å²) in [4.78, 5) is 26.6. The first kappa shape index (κ1) is 22.5. The molecule has 1 saturated carbocycles. The lowest BCUT2D eigenvalue weighted by atomic mass is 9.78. The number of hydrogen-bond donors (Lipinski definition) is 1. The van der Waals surface area contributed by atoms with Crippen LogP contribution in [0.2, 0.25) is 0 Å². The number of nitriles is 1. The van der Waals surface area contributed by atoms with Crippen LogP contribution in [0.25, 0.3) is 0 Å². The van der Waals surface area contributed by atoms with Crippen LogP contribution < -0.4 is 5.32 Å². The molecule has 2 amide bonds. The SMILES string of the molecule is CCCCC1CCC(C(=O)NC2(C#N)CCN(C(=O)OC(C)(C)C)CC2)CC1. The van der Waals surface area contributed by atoms with Crippen LogP contribution in [-0.2, 0) is 9.53 Å². The van der Waals surface area contributed by atoms with E-state index in [0.29, 0.717) is 25.9 Å². The minimum Gasteiger partial charge on any atom is -0.444 e. The Morgan fingerprint density at radius 3 is 2.29 bits per heavy atom. The zero-order valence-electron chi connectivity index (χ0n) is 18.1. The monoisotopic (exact) mass is 391 g/mol. The van der Waals surface area contributed by atoms with Crippen molar-refractivity contribution in [1.29, 1.82) is 5.26 Å². The highest BCUT2D eigenvalue weighted by atomic mass is 16.6. The Morgan fingerprint density at radius 1 is 1.18 bits per heavy atom. The molecule has 0 aromatic rings. The average Bonchev–Trinajstić information content (AvgIpc) is 2.66. The molecule has 6 nitrogen and oxygen atoms in total. The highest BCUT2D eigenvalue weighted by Gasteiger charge is 2.40. The number of hydrogen-bond acceptors (Lipinski definition) is 4. The van der Waals surface area contributed by atoms with Gasteiger partial charge in [0.05, 0.1) is 6.07 Å². The maximum absolute atomic E-state index is 12.8. The average molecular weight is 392 g/mol. The van der Waals surface area contributed by atoms with E-state index < -0.39 is 11.1 Å². The minimum absolute atomic E-state index is 0.0150. The molecule has 0 atom stereocenters. The number of ether oxygens (including phenoxy) is 1. The van der Waals surface area contributed by atoms with E-state index in [1.807, 2.05) is 20.8 Å². The second-order valence-electron chi connectivity index (χ2n) is 9.51. The van der Waals surface area contributed by atoms with E-state index in [4.69, 9.17) is 4.74 Å². The molecule has 1 heterocycles. The zero-order valence-corrected chi connectivity index (χ0v) is 18.1. The van der Waals surface area contributed by atoms with E-state index in [1.54, 1.807) is 4.90 Å². The molecule has 1 saturated heterocycles. The van der Waals surface area contributed by atoms with Crippen LogP contribution in [-0.4, -0.2) is 41.1 Å². The van der Waals surface area contributed by atoms with E-state index in [0.717, 1.165) is 31.6 Å². The van der Waals surface area contributed by atoms with E-state index in [-0.39, 0.29) is 17.9 Å². The molecule has 2 fully saturated rings. The highest BCUT2D eigenvalue weighted by molar-refractivity contribution is 5.80. The Labute approximate surface area is 170 Å². The second-order valence-corrected chi connectivity index (χ2v) is 9.51. The molecule has 0 aromatic heterocycles. The molecule has 2 aliphatic rings. The van der Waals surface area contributed by atoms with Gasteiger partial charge in [0, 0.05) is 31.8 Å². The van der Waals surface area contributed by atoms with Crippen molar-refractivity contribution >= 4 is 12.0 Å². The Hall–Kier alpha value is -1.77. The van der Waals surface area contributed by atoms with Gasteiger partial charge in [-0.1, -0.05) is 26.2 Å².